The molecule has 1 aromatic carbocycles. The summed E-state index contributed by atoms with van der Waals surface area (Å²) in [5.74, 6) is -0.949. The Morgan fingerprint density at radius 2 is 1.94 bits per heavy atom. The SMILES string of the molecule is COCCOC(=O)CCC(=O)NC(=S)Nc1ccc(S(=O)(=O)NCC2CCCO2)cc1. The monoisotopic (exact) mass is 473 g/mol. The lowest BCUT2D eigenvalue weighted by Crippen LogP contribution is -2.34. The minimum absolute atomic E-state index is 0.0323. The van der Waals surface area contributed by atoms with E-state index in [1.807, 2.05) is 0 Å². The molecule has 1 atom stereocenters. The van der Waals surface area contributed by atoms with Crippen molar-refractivity contribution in [1.82, 2.24) is 10.0 Å². The second-order valence-corrected chi connectivity index (χ2v) is 8.90. The fraction of sp³-hybridized carbons (Fsp3) is 0.526. The van der Waals surface area contributed by atoms with Crippen LogP contribution in [0.3, 0.4) is 0 Å². The molecule has 3 N–H and O–H groups in total. The molecule has 10 nitrogen and oxygen atoms in total. The molecule has 31 heavy (non-hydrogen) atoms. The number of rotatable bonds is 11. The van der Waals surface area contributed by atoms with E-state index in [4.69, 9.17) is 26.4 Å². The zero-order valence-electron chi connectivity index (χ0n) is 17.2. The largest absolute Gasteiger partial charge is 0.463 e. The van der Waals surface area contributed by atoms with Gasteiger partial charge in [0.15, 0.2) is 5.11 Å². The number of sulfonamides is 1. The number of carbonyl (C=O) groups is 2. The Morgan fingerprint density at radius 1 is 1.19 bits per heavy atom. The summed E-state index contributed by atoms with van der Waals surface area (Å²) in [7, 11) is -2.16. The Morgan fingerprint density at radius 3 is 2.58 bits per heavy atom. The molecule has 1 unspecified atom stereocenters. The first-order valence-electron chi connectivity index (χ1n) is 9.77. The lowest BCUT2D eigenvalue weighted by atomic mass is 10.2. The Hall–Kier alpha value is -2.12. The zero-order valence-corrected chi connectivity index (χ0v) is 18.9. The van der Waals surface area contributed by atoms with Gasteiger partial charge in [0.25, 0.3) is 0 Å². The summed E-state index contributed by atoms with van der Waals surface area (Å²) in [5.41, 5.74) is 0.502. The average molecular weight is 474 g/mol. The van der Waals surface area contributed by atoms with Gasteiger partial charge in [-0.2, -0.15) is 0 Å². The standard InChI is InChI=1S/C19H27N3O7S2/c1-27-11-12-29-18(24)9-8-17(23)22-19(30)21-14-4-6-16(7-5-14)31(25,26)20-13-15-3-2-10-28-15/h4-7,15,20H,2-3,8-13H2,1H3,(H2,21,22,23,30). The van der Waals surface area contributed by atoms with Gasteiger partial charge in [-0.25, -0.2) is 13.1 Å². The minimum atomic E-state index is -3.65. The number of ether oxygens (including phenoxy) is 3. The third kappa shape index (κ3) is 9.27. The van der Waals surface area contributed by atoms with E-state index in [9.17, 15) is 18.0 Å². The van der Waals surface area contributed by atoms with E-state index in [2.05, 4.69) is 15.4 Å². The highest BCUT2D eigenvalue weighted by atomic mass is 32.2. The molecule has 1 aliphatic heterocycles. The van der Waals surface area contributed by atoms with Gasteiger partial charge < -0.3 is 24.8 Å². The Kier molecular flexibility index (Phi) is 10.3. The van der Waals surface area contributed by atoms with Crippen molar-refractivity contribution in [3.63, 3.8) is 0 Å². The van der Waals surface area contributed by atoms with E-state index in [1.54, 1.807) is 0 Å². The van der Waals surface area contributed by atoms with Crippen LogP contribution < -0.4 is 15.4 Å². The summed E-state index contributed by atoms with van der Waals surface area (Å²) < 4.78 is 42.3. The first-order chi connectivity index (χ1) is 14.8. The molecule has 172 valence electrons. The second kappa shape index (κ2) is 12.7. The summed E-state index contributed by atoms with van der Waals surface area (Å²) in [6, 6.07) is 5.93. The maximum atomic E-state index is 12.4. The molecule has 0 bridgehead atoms. The second-order valence-electron chi connectivity index (χ2n) is 6.73. The molecular formula is C19H27N3O7S2. The van der Waals surface area contributed by atoms with Gasteiger partial charge in [-0.15, -0.1) is 0 Å². The number of amides is 1. The molecule has 1 heterocycles. The Bertz CT molecular complexity index is 854. The predicted octanol–water partition coefficient (Wildman–Crippen LogP) is 0.927. The molecule has 0 aliphatic carbocycles. The highest BCUT2D eigenvalue weighted by molar-refractivity contribution is 7.89. The Labute approximate surface area is 187 Å². The van der Waals surface area contributed by atoms with Crippen molar-refractivity contribution in [3.8, 4) is 0 Å². The molecule has 0 radical (unpaired) electrons. The molecule has 1 amide bonds. The quantitative estimate of drug-likeness (QED) is 0.244. The molecule has 0 spiro atoms. The number of esters is 1. The van der Waals surface area contributed by atoms with Crippen LogP contribution in [0.1, 0.15) is 25.7 Å². The van der Waals surface area contributed by atoms with Crippen LogP contribution in [0.25, 0.3) is 0 Å². The highest BCUT2D eigenvalue weighted by Gasteiger charge is 2.20. The smallest absolute Gasteiger partial charge is 0.306 e. The van der Waals surface area contributed by atoms with E-state index >= 15 is 0 Å². The highest BCUT2D eigenvalue weighted by Crippen LogP contribution is 2.16. The molecule has 2 rings (SSSR count). The number of carbonyl (C=O) groups excluding carboxylic acids is 2. The summed E-state index contributed by atoms with van der Waals surface area (Å²) in [6.07, 6.45) is 1.51. The molecule has 0 aromatic heterocycles. The molecule has 1 saturated heterocycles. The Balaban J connectivity index is 1.75. The lowest BCUT2D eigenvalue weighted by Gasteiger charge is -2.12. The number of methoxy groups -OCH3 is 1. The number of nitrogens with one attached hydrogen (secondary N) is 3. The van der Waals surface area contributed by atoms with Crippen LogP contribution in [0.2, 0.25) is 0 Å². The fourth-order valence-corrected chi connectivity index (χ4v) is 3.98. The van der Waals surface area contributed by atoms with Gasteiger partial charge in [-0.05, 0) is 49.3 Å². The molecule has 12 heteroatoms. The van der Waals surface area contributed by atoms with Crippen molar-refractivity contribution in [3.05, 3.63) is 24.3 Å². The summed E-state index contributed by atoms with van der Waals surface area (Å²) in [6.45, 7) is 1.31. The van der Waals surface area contributed by atoms with Crippen LogP contribution in [0.4, 0.5) is 5.69 Å². The predicted molar refractivity (Wildman–Crippen MR) is 117 cm³/mol. The van der Waals surface area contributed by atoms with Gasteiger partial charge in [-0.3, -0.25) is 9.59 Å². The molecule has 0 saturated carbocycles. The van der Waals surface area contributed by atoms with E-state index in [1.165, 1.54) is 31.4 Å². The van der Waals surface area contributed by atoms with Crippen molar-refractivity contribution >= 4 is 44.9 Å². The van der Waals surface area contributed by atoms with E-state index < -0.39 is 21.9 Å². The van der Waals surface area contributed by atoms with E-state index in [-0.39, 0.29) is 48.7 Å². The van der Waals surface area contributed by atoms with Crippen LogP contribution in [0.5, 0.6) is 0 Å². The third-order valence-corrected chi connectivity index (χ3v) is 5.95. The normalized spacial score (nSPS) is 16.0. The van der Waals surface area contributed by atoms with Gasteiger partial charge in [-0.1, -0.05) is 0 Å². The molecular weight excluding hydrogens is 446 g/mol. The van der Waals surface area contributed by atoms with Gasteiger partial charge in [0.05, 0.1) is 24.0 Å². The fourth-order valence-electron chi connectivity index (χ4n) is 2.69. The van der Waals surface area contributed by atoms with Crippen molar-refractivity contribution in [2.24, 2.45) is 0 Å². The van der Waals surface area contributed by atoms with Gasteiger partial charge >= 0.3 is 5.97 Å². The van der Waals surface area contributed by atoms with E-state index in [0.29, 0.717) is 12.3 Å². The van der Waals surface area contributed by atoms with Crippen LogP contribution >= 0.6 is 12.2 Å². The maximum absolute atomic E-state index is 12.4. The topological polar surface area (TPSA) is 132 Å². The van der Waals surface area contributed by atoms with Crippen molar-refractivity contribution < 1.29 is 32.2 Å². The average Bonchev–Trinajstić information content (AvgIpc) is 3.25. The first-order valence-corrected chi connectivity index (χ1v) is 11.7. The molecule has 1 fully saturated rings. The third-order valence-electron chi connectivity index (χ3n) is 4.31. The maximum Gasteiger partial charge on any atom is 0.306 e. The lowest BCUT2D eigenvalue weighted by molar-refractivity contribution is -0.146. The van der Waals surface area contributed by atoms with Gasteiger partial charge in [0, 0.05) is 32.4 Å². The number of hydrogen-bond acceptors (Lipinski definition) is 8. The minimum Gasteiger partial charge on any atom is -0.463 e. The zero-order chi connectivity index (χ0) is 22.7. The van der Waals surface area contributed by atoms with E-state index in [0.717, 1.165) is 12.8 Å². The molecule has 1 aromatic rings. The summed E-state index contributed by atoms with van der Waals surface area (Å²) >= 11 is 5.07. The van der Waals surface area contributed by atoms with Gasteiger partial charge in [0.2, 0.25) is 15.9 Å². The van der Waals surface area contributed by atoms with Crippen molar-refractivity contribution in [2.45, 2.75) is 36.7 Å². The number of thiocarbonyl (C=S) groups is 1. The number of benzene rings is 1. The number of anilines is 1. The van der Waals surface area contributed by atoms with Crippen LogP contribution in [0, 0.1) is 0 Å². The molecule has 1 aliphatic rings. The van der Waals surface area contributed by atoms with Crippen LogP contribution in [-0.4, -0.2) is 65.0 Å². The van der Waals surface area contributed by atoms with Crippen LogP contribution in [0.15, 0.2) is 29.2 Å². The first kappa shape index (κ1) is 25.1. The van der Waals surface area contributed by atoms with Gasteiger partial charge in [0.1, 0.15) is 6.61 Å². The summed E-state index contributed by atoms with van der Waals surface area (Å²) in [5, 5.41) is 5.27. The van der Waals surface area contributed by atoms with Crippen molar-refractivity contribution in [2.75, 3.05) is 38.8 Å². The van der Waals surface area contributed by atoms with Crippen LogP contribution in [-0.2, 0) is 33.8 Å². The van der Waals surface area contributed by atoms with Crippen molar-refractivity contribution in [1.29, 1.82) is 0 Å². The number of hydrogen-bond donors (Lipinski definition) is 3. The summed E-state index contributed by atoms with van der Waals surface area (Å²) in [4.78, 5) is 23.5.